The summed E-state index contributed by atoms with van der Waals surface area (Å²) in [6.07, 6.45) is 70.2. The number of esters is 3. The van der Waals surface area contributed by atoms with E-state index in [0.29, 0.717) is 12.8 Å². The van der Waals surface area contributed by atoms with Crippen LogP contribution >= 0.6 is 0 Å². The summed E-state index contributed by atoms with van der Waals surface area (Å²) in [5, 5.41) is 8.92. The fourth-order valence-corrected chi connectivity index (χ4v) is 7.46. The molecule has 2 atom stereocenters. The predicted octanol–water partition coefficient (Wildman–Crippen LogP) is 17.8. The number of hydrogen-bond acceptors (Lipinski definition) is 8. The van der Waals surface area contributed by atoms with Crippen LogP contribution in [0.15, 0.2) is 109 Å². The smallest absolute Gasteiger partial charge is 0.331 e. The van der Waals surface area contributed by atoms with Crippen LogP contribution in [0.4, 0.5) is 0 Å². The van der Waals surface area contributed by atoms with Crippen molar-refractivity contribution in [2.75, 3.05) is 13.2 Å². The molecule has 0 saturated carbocycles. The quantitative estimate of drug-likeness (QED) is 0.00939. The van der Waals surface area contributed by atoms with Gasteiger partial charge in [-0.15, -0.1) is 0 Å². The summed E-state index contributed by atoms with van der Waals surface area (Å²) >= 11 is 0. The van der Waals surface area contributed by atoms with Gasteiger partial charge in [0.25, 0.3) is 0 Å². The zero-order valence-corrected chi connectivity index (χ0v) is 44.1. The van der Waals surface area contributed by atoms with Crippen molar-refractivity contribution >= 4 is 17.9 Å². The van der Waals surface area contributed by atoms with Crippen molar-refractivity contribution in [3.63, 3.8) is 0 Å². The van der Waals surface area contributed by atoms with Gasteiger partial charge >= 0.3 is 17.9 Å². The fourth-order valence-electron chi connectivity index (χ4n) is 7.46. The minimum Gasteiger partial charge on any atom is -0.462 e. The van der Waals surface area contributed by atoms with Crippen LogP contribution in [0.3, 0.4) is 0 Å². The summed E-state index contributed by atoms with van der Waals surface area (Å²) in [7, 11) is 0. The van der Waals surface area contributed by atoms with Crippen LogP contribution in [0.5, 0.6) is 0 Å². The Bertz CT molecular complexity index is 1450. The molecule has 0 saturated heterocycles. The average Bonchev–Trinajstić information content (AvgIpc) is 3.35. The van der Waals surface area contributed by atoms with Gasteiger partial charge in [0, 0.05) is 18.9 Å². The highest BCUT2D eigenvalue weighted by atomic mass is 17.1. The van der Waals surface area contributed by atoms with Gasteiger partial charge in [-0.2, -0.15) is 0 Å². The molecular formula is C61H100O8. The van der Waals surface area contributed by atoms with E-state index in [-0.39, 0.29) is 31.3 Å². The minimum atomic E-state index is -0.901. The van der Waals surface area contributed by atoms with Crippen LogP contribution < -0.4 is 0 Å². The molecule has 0 radical (unpaired) electrons. The van der Waals surface area contributed by atoms with Gasteiger partial charge < -0.3 is 14.2 Å². The molecule has 0 aromatic carbocycles. The molecule has 392 valence electrons. The molecule has 8 nitrogen and oxygen atoms in total. The number of carbonyl (C=O) groups is 3. The number of hydrogen-bond donors (Lipinski definition) is 1. The van der Waals surface area contributed by atoms with Crippen LogP contribution in [0.1, 0.15) is 233 Å². The Kier molecular flexibility index (Phi) is 51.7. The highest BCUT2D eigenvalue weighted by Gasteiger charge is 2.18. The van der Waals surface area contributed by atoms with E-state index >= 15 is 0 Å². The highest BCUT2D eigenvalue weighted by molar-refractivity contribution is 5.82. The Morgan fingerprint density at radius 2 is 0.783 bits per heavy atom. The first-order valence-electron chi connectivity index (χ1n) is 27.7. The molecule has 1 N–H and O–H groups in total. The maximum Gasteiger partial charge on any atom is 0.331 e. The first-order valence-corrected chi connectivity index (χ1v) is 27.7. The van der Waals surface area contributed by atoms with E-state index in [1.54, 1.807) is 18.2 Å². The second-order valence-electron chi connectivity index (χ2n) is 18.2. The van der Waals surface area contributed by atoms with E-state index in [9.17, 15) is 14.4 Å². The fraction of sp³-hybridized carbons (Fsp3) is 0.656. The third-order valence-corrected chi connectivity index (χ3v) is 11.6. The van der Waals surface area contributed by atoms with Crippen LogP contribution in [0.25, 0.3) is 0 Å². The number of rotatable bonds is 49. The van der Waals surface area contributed by atoms with Crippen LogP contribution in [-0.4, -0.2) is 48.6 Å². The molecule has 0 aliphatic heterocycles. The Labute approximate surface area is 422 Å². The molecule has 0 amide bonds. The summed E-state index contributed by atoms with van der Waals surface area (Å²) < 4.78 is 16.6. The van der Waals surface area contributed by atoms with Gasteiger partial charge in [-0.3, -0.25) is 14.8 Å². The van der Waals surface area contributed by atoms with Crippen molar-refractivity contribution in [2.24, 2.45) is 0 Å². The molecular weight excluding hydrogens is 861 g/mol. The third-order valence-electron chi connectivity index (χ3n) is 11.6. The molecule has 0 heterocycles. The lowest BCUT2D eigenvalue weighted by atomic mass is 10.1. The summed E-state index contributed by atoms with van der Waals surface area (Å²) in [4.78, 5) is 42.5. The molecule has 0 bridgehead atoms. The number of allylic oxidation sites excluding steroid dienone is 17. The number of unbranched alkanes of at least 4 members (excludes halogenated alkanes) is 22. The average molecular weight is 961 g/mol. The van der Waals surface area contributed by atoms with Gasteiger partial charge in [0.05, 0.1) is 6.10 Å². The van der Waals surface area contributed by atoms with Crippen LogP contribution in [-0.2, 0) is 33.5 Å². The van der Waals surface area contributed by atoms with Crippen molar-refractivity contribution in [3.8, 4) is 0 Å². The monoisotopic (exact) mass is 961 g/mol. The van der Waals surface area contributed by atoms with Gasteiger partial charge in [-0.25, -0.2) is 9.68 Å². The topological polar surface area (TPSA) is 108 Å². The summed E-state index contributed by atoms with van der Waals surface area (Å²) in [6, 6.07) is 0. The normalized spacial score (nSPS) is 13.4. The third kappa shape index (κ3) is 51.7. The second-order valence-corrected chi connectivity index (χ2v) is 18.2. The molecule has 0 aliphatic carbocycles. The van der Waals surface area contributed by atoms with Gasteiger partial charge in [0.1, 0.15) is 13.2 Å². The summed E-state index contributed by atoms with van der Waals surface area (Å²) in [5.74, 6) is -1.30. The lowest BCUT2D eigenvalue weighted by Gasteiger charge is -2.17. The number of ether oxygens (including phenoxy) is 3. The zero-order chi connectivity index (χ0) is 50.2. The molecule has 0 aromatic heterocycles. The molecule has 0 fully saturated rings. The Morgan fingerprint density at radius 3 is 1.28 bits per heavy atom. The lowest BCUT2D eigenvalue weighted by molar-refractivity contribution is -0.281. The minimum absolute atomic E-state index is 0.0345. The molecule has 8 heteroatoms. The summed E-state index contributed by atoms with van der Waals surface area (Å²) in [6.45, 7) is 6.24. The Hall–Kier alpha value is -4.01. The lowest BCUT2D eigenvalue weighted by Crippen LogP contribution is -2.30. The van der Waals surface area contributed by atoms with E-state index in [2.05, 4.69) is 68.2 Å². The first kappa shape index (κ1) is 65.0. The van der Waals surface area contributed by atoms with Crippen molar-refractivity contribution < 1.29 is 38.7 Å². The molecule has 0 aromatic rings. The molecule has 69 heavy (non-hydrogen) atoms. The first-order chi connectivity index (χ1) is 34.0. The van der Waals surface area contributed by atoms with Crippen molar-refractivity contribution in [3.05, 3.63) is 109 Å². The SMILES string of the molecule is CCCCC/C=C\C/C=C\CCCCCCCC(=O)OCC(COC(=O)CCCCCCC/C=C\CCCCCCCC)OC(=O)C=CC=CC=CC=CC=CC=CCCCCCC(CCC)OO. The van der Waals surface area contributed by atoms with Crippen molar-refractivity contribution in [1.82, 2.24) is 0 Å². The predicted molar refractivity (Wildman–Crippen MR) is 291 cm³/mol. The van der Waals surface area contributed by atoms with Gasteiger partial charge in [-0.1, -0.05) is 227 Å². The van der Waals surface area contributed by atoms with Crippen molar-refractivity contribution in [2.45, 2.75) is 245 Å². The van der Waals surface area contributed by atoms with E-state index in [1.807, 2.05) is 42.5 Å². The van der Waals surface area contributed by atoms with Crippen molar-refractivity contribution in [1.29, 1.82) is 0 Å². The second kappa shape index (κ2) is 54.9. The maximum atomic E-state index is 12.7. The largest absolute Gasteiger partial charge is 0.462 e. The van der Waals surface area contributed by atoms with Gasteiger partial charge in [-0.05, 0) is 96.3 Å². The standard InChI is InChI=1S/C61H100O8/c1-4-7-9-11-13-15-17-19-22-27-31-35-39-43-47-52-59(62)66-55-58(56-67-60(63)53-48-44-40-36-32-28-23-20-18-16-14-12-10-8-5-2)68-61(64)54-49-45-41-37-33-29-25-21-24-26-30-34-38-42-46-51-57(69-65)50-6-3/h13,15,19-26,29-30,33,37,41,45,49,54,57-58,65H,4-12,14,16-18,27-28,31-32,34-36,38-40,42-44,46-48,50-53,55-56H2,1-3H3/b15-13-,22-19-,23-20-,24-21?,29-25?,30-26?,37-33?,45-41?,54-49?. The van der Waals surface area contributed by atoms with Gasteiger partial charge in [0.15, 0.2) is 6.10 Å². The highest BCUT2D eigenvalue weighted by Crippen LogP contribution is 2.14. The van der Waals surface area contributed by atoms with Crippen LogP contribution in [0, 0.1) is 0 Å². The molecule has 0 aliphatic rings. The van der Waals surface area contributed by atoms with E-state index in [1.165, 1.54) is 83.1 Å². The van der Waals surface area contributed by atoms with E-state index < -0.39 is 12.1 Å². The van der Waals surface area contributed by atoms with Crippen LogP contribution in [0.2, 0.25) is 0 Å². The zero-order valence-electron chi connectivity index (χ0n) is 44.1. The van der Waals surface area contributed by atoms with E-state index in [0.717, 1.165) is 122 Å². The number of carbonyl (C=O) groups excluding carboxylic acids is 3. The summed E-state index contributed by atoms with van der Waals surface area (Å²) in [5.41, 5.74) is 0. The molecule has 0 rings (SSSR count). The Morgan fingerprint density at radius 1 is 0.391 bits per heavy atom. The Balaban J connectivity index is 4.68. The van der Waals surface area contributed by atoms with Gasteiger partial charge in [0.2, 0.25) is 0 Å². The molecule has 2 unspecified atom stereocenters. The molecule has 0 spiro atoms. The maximum absolute atomic E-state index is 12.7. The van der Waals surface area contributed by atoms with E-state index in [4.69, 9.17) is 19.5 Å².